The molecule has 0 saturated carbocycles. The molecule has 1 aromatic carbocycles. The highest BCUT2D eigenvalue weighted by molar-refractivity contribution is 5.32. The number of hydrogen-bond acceptors (Lipinski definition) is 2. The number of aryl methyl sites for hydroxylation is 1. The smallest absolute Gasteiger partial charge is 0.126 e. The highest BCUT2D eigenvalue weighted by atomic mass is 19.1. The van der Waals surface area contributed by atoms with E-state index in [1.54, 1.807) is 6.07 Å². The summed E-state index contributed by atoms with van der Waals surface area (Å²) < 4.78 is 18.2. The molecule has 0 bridgehead atoms. The minimum Gasteiger partial charge on any atom is -0.491 e. The molecule has 0 spiro atoms. The number of aliphatic hydroxyl groups excluding tert-OH is 1. The van der Waals surface area contributed by atoms with Gasteiger partial charge < -0.3 is 9.84 Å². The molecule has 0 aliphatic rings. The summed E-state index contributed by atoms with van der Waals surface area (Å²) in [5.41, 5.74) is 0.875. The standard InChI is InChI=1S/C12H17FO2/c1-3-4-11(14)8-15-12-7-10(13)6-5-9(12)2/h5-7,11,14H,3-4,8H2,1-2H3. The van der Waals surface area contributed by atoms with E-state index < -0.39 is 6.10 Å². The second kappa shape index (κ2) is 5.71. The molecular weight excluding hydrogens is 195 g/mol. The highest BCUT2D eigenvalue weighted by Gasteiger charge is 2.06. The molecule has 15 heavy (non-hydrogen) atoms. The van der Waals surface area contributed by atoms with Crippen LogP contribution in [0.4, 0.5) is 4.39 Å². The van der Waals surface area contributed by atoms with Crippen molar-refractivity contribution in [3.05, 3.63) is 29.6 Å². The molecule has 1 N–H and O–H groups in total. The van der Waals surface area contributed by atoms with Gasteiger partial charge in [-0.15, -0.1) is 0 Å². The first-order valence-corrected chi connectivity index (χ1v) is 5.20. The zero-order valence-corrected chi connectivity index (χ0v) is 9.16. The number of ether oxygens (including phenoxy) is 1. The first kappa shape index (κ1) is 12.0. The summed E-state index contributed by atoms with van der Waals surface area (Å²) in [5, 5.41) is 9.45. The Kier molecular flexibility index (Phi) is 4.56. The van der Waals surface area contributed by atoms with E-state index in [0.29, 0.717) is 12.2 Å². The quantitative estimate of drug-likeness (QED) is 0.813. The van der Waals surface area contributed by atoms with Crippen LogP contribution < -0.4 is 4.74 Å². The van der Waals surface area contributed by atoms with Gasteiger partial charge in [0.15, 0.2) is 0 Å². The van der Waals surface area contributed by atoms with Crippen molar-refractivity contribution in [2.24, 2.45) is 0 Å². The summed E-state index contributed by atoms with van der Waals surface area (Å²) in [7, 11) is 0. The molecule has 84 valence electrons. The molecule has 0 radical (unpaired) electrons. The Morgan fingerprint density at radius 1 is 1.47 bits per heavy atom. The van der Waals surface area contributed by atoms with Crippen molar-refractivity contribution in [3.8, 4) is 5.75 Å². The van der Waals surface area contributed by atoms with Gasteiger partial charge in [0.05, 0.1) is 6.10 Å². The van der Waals surface area contributed by atoms with E-state index in [0.717, 1.165) is 12.0 Å². The molecule has 2 nitrogen and oxygen atoms in total. The van der Waals surface area contributed by atoms with E-state index in [2.05, 4.69) is 0 Å². The molecule has 1 unspecified atom stereocenters. The molecular formula is C12H17FO2. The number of aliphatic hydroxyl groups is 1. The molecule has 0 aliphatic heterocycles. The van der Waals surface area contributed by atoms with Crippen LogP contribution in [0.5, 0.6) is 5.75 Å². The maximum Gasteiger partial charge on any atom is 0.126 e. The summed E-state index contributed by atoms with van der Waals surface area (Å²) in [4.78, 5) is 0. The van der Waals surface area contributed by atoms with Gasteiger partial charge in [-0.05, 0) is 25.0 Å². The first-order valence-electron chi connectivity index (χ1n) is 5.20. The summed E-state index contributed by atoms with van der Waals surface area (Å²) in [6, 6.07) is 4.40. The van der Waals surface area contributed by atoms with E-state index in [1.807, 2.05) is 13.8 Å². The number of benzene rings is 1. The van der Waals surface area contributed by atoms with Crippen molar-refractivity contribution < 1.29 is 14.2 Å². The van der Waals surface area contributed by atoms with Gasteiger partial charge in [0.25, 0.3) is 0 Å². The minimum atomic E-state index is -0.474. The summed E-state index contributed by atoms with van der Waals surface area (Å²) in [5.74, 6) is 0.186. The lowest BCUT2D eigenvalue weighted by Gasteiger charge is -2.12. The van der Waals surface area contributed by atoms with Crippen molar-refractivity contribution in [2.45, 2.75) is 32.8 Å². The normalized spacial score (nSPS) is 12.5. The zero-order chi connectivity index (χ0) is 11.3. The summed E-state index contributed by atoms with van der Waals surface area (Å²) in [6.07, 6.45) is 1.14. The van der Waals surface area contributed by atoms with Gasteiger partial charge in [-0.3, -0.25) is 0 Å². The van der Waals surface area contributed by atoms with E-state index in [9.17, 15) is 9.50 Å². The lowest BCUT2D eigenvalue weighted by atomic mass is 10.2. The van der Waals surface area contributed by atoms with Crippen molar-refractivity contribution >= 4 is 0 Å². The fourth-order valence-corrected chi connectivity index (χ4v) is 1.33. The predicted octanol–water partition coefficient (Wildman–Crippen LogP) is 2.67. The molecule has 0 aromatic heterocycles. The fraction of sp³-hybridized carbons (Fsp3) is 0.500. The topological polar surface area (TPSA) is 29.5 Å². The van der Waals surface area contributed by atoms with Gasteiger partial charge in [-0.25, -0.2) is 4.39 Å². The van der Waals surface area contributed by atoms with Crippen LogP contribution in [0, 0.1) is 12.7 Å². The molecule has 0 saturated heterocycles. The Hall–Kier alpha value is -1.09. The molecule has 1 aromatic rings. The predicted molar refractivity (Wildman–Crippen MR) is 57.5 cm³/mol. The molecule has 1 atom stereocenters. The molecule has 0 heterocycles. The third kappa shape index (κ3) is 3.88. The van der Waals surface area contributed by atoms with Gasteiger partial charge >= 0.3 is 0 Å². The van der Waals surface area contributed by atoms with E-state index >= 15 is 0 Å². The van der Waals surface area contributed by atoms with E-state index in [-0.39, 0.29) is 12.4 Å². The van der Waals surface area contributed by atoms with Crippen LogP contribution in [-0.4, -0.2) is 17.8 Å². The molecule has 0 amide bonds. The maximum atomic E-state index is 12.9. The number of hydrogen-bond donors (Lipinski definition) is 1. The van der Waals surface area contributed by atoms with Crippen molar-refractivity contribution in [2.75, 3.05) is 6.61 Å². The largest absolute Gasteiger partial charge is 0.491 e. The van der Waals surface area contributed by atoms with Crippen LogP contribution >= 0.6 is 0 Å². The fourth-order valence-electron chi connectivity index (χ4n) is 1.33. The van der Waals surface area contributed by atoms with Gasteiger partial charge in [0.2, 0.25) is 0 Å². The van der Waals surface area contributed by atoms with Crippen LogP contribution in [0.15, 0.2) is 18.2 Å². The lowest BCUT2D eigenvalue weighted by Crippen LogP contribution is -2.17. The monoisotopic (exact) mass is 212 g/mol. The van der Waals surface area contributed by atoms with Gasteiger partial charge in [0, 0.05) is 6.07 Å². The van der Waals surface area contributed by atoms with Gasteiger partial charge in [0.1, 0.15) is 18.2 Å². The Morgan fingerprint density at radius 3 is 2.87 bits per heavy atom. The third-order valence-corrected chi connectivity index (χ3v) is 2.20. The van der Waals surface area contributed by atoms with Gasteiger partial charge in [-0.1, -0.05) is 19.4 Å². The minimum absolute atomic E-state index is 0.220. The Morgan fingerprint density at radius 2 is 2.20 bits per heavy atom. The van der Waals surface area contributed by atoms with Crippen LogP contribution in [0.1, 0.15) is 25.3 Å². The molecule has 1 rings (SSSR count). The summed E-state index contributed by atoms with van der Waals surface area (Å²) in [6.45, 7) is 4.07. The molecule has 0 fully saturated rings. The third-order valence-electron chi connectivity index (χ3n) is 2.20. The second-order valence-corrected chi connectivity index (χ2v) is 3.66. The van der Waals surface area contributed by atoms with Crippen LogP contribution in [0.25, 0.3) is 0 Å². The van der Waals surface area contributed by atoms with Crippen molar-refractivity contribution in [3.63, 3.8) is 0 Å². The first-order chi connectivity index (χ1) is 7.13. The van der Waals surface area contributed by atoms with Crippen molar-refractivity contribution in [1.82, 2.24) is 0 Å². The van der Waals surface area contributed by atoms with E-state index in [4.69, 9.17) is 4.74 Å². The van der Waals surface area contributed by atoms with Crippen molar-refractivity contribution in [1.29, 1.82) is 0 Å². The lowest BCUT2D eigenvalue weighted by molar-refractivity contribution is 0.0988. The Labute approximate surface area is 89.7 Å². The second-order valence-electron chi connectivity index (χ2n) is 3.66. The average Bonchev–Trinajstić information content (AvgIpc) is 2.20. The molecule has 3 heteroatoms. The van der Waals surface area contributed by atoms with Crippen LogP contribution in [0.3, 0.4) is 0 Å². The van der Waals surface area contributed by atoms with Crippen LogP contribution in [-0.2, 0) is 0 Å². The average molecular weight is 212 g/mol. The number of rotatable bonds is 5. The van der Waals surface area contributed by atoms with Crippen LogP contribution in [0.2, 0.25) is 0 Å². The maximum absolute atomic E-state index is 12.9. The van der Waals surface area contributed by atoms with E-state index in [1.165, 1.54) is 12.1 Å². The zero-order valence-electron chi connectivity index (χ0n) is 9.16. The number of halogens is 1. The summed E-state index contributed by atoms with van der Waals surface area (Å²) >= 11 is 0. The Bertz CT molecular complexity index is 312. The Balaban J connectivity index is 2.53. The highest BCUT2D eigenvalue weighted by Crippen LogP contribution is 2.19. The SMILES string of the molecule is CCCC(O)COc1cc(F)ccc1C. The molecule has 0 aliphatic carbocycles. The van der Waals surface area contributed by atoms with Gasteiger partial charge in [-0.2, -0.15) is 0 Å².